The Labute approximate surface area is 205 Å². The van der Waals surface area contributed by atoms with Gasteiger partial charge in [0.05, 0.1) is 5.69 Å². The van der Waals surface area contributed by atoms with Gasteiger partial charge < -0.3 is 5.32 Å². The highest BCUT2D eigenvalue weighted by Crippen LogP contribution is 2.37. The fraction of sp³-hybridized carbons (Fsp3) is 0.560. The van der Waals surface area contributed by atoms with E-state index in [2.05, 4.69) is 15.3 Å². The molecule has 0 saturated carbocycles. The number of urea groups is 1. The molecule has 7 nitrogen and oxygen atoms in total. The van der Waals surface area contributed by atoms with Crippen LogP contribution in [0.25, 0.3) is 0 Å². The molecule has 0 unspecified atom stereocenters. The molecule has 2 saturated heterocycles. The van der Waals surface area contributed by atoms with Gasteiger partial charge in [-0.15, -0.1) is 0 Å². The Hall–Kier alpha value is -2.45. The summed E-state index contributed by atoms with van der Waals surface area (Å²) < 4.78 is 15.6. The number of aromatic nitrogens is 2. The Balaban J connectivity index is 1.55. The van der Waals surface area contributed by atoms with Gasteiger partial charge in [-0.3, -0.25) is 19.3 Å². The third-order valence-corrected chi connectivity index (χ3v) is 7.53. The summed E-state index contributed by atoms with van der Waals surface area (Å²) in [7, 11) is 1.83. The van der Waals surface area contributed by atoms with E-state index in [0.717, 1.165) is 37.2 Å². The van der Waals surface area contributed by atoms with Crippen LogP contribution in [-0.2, 0) is 24.8 Å². The maximum absolute atomic E-state index is 13.9. The summed E-state index contributed by atoms with van der Waals surface area (Å²) in [6.45, 7) is 8.53. The summed E-state index contributed by atoms with van der Waals surface area (Å²) in [5.74, 6) is -0.429. The zero-order chi connectivity index (χ0) is 24.6. The highest BCUT2D eigenvalue weighted by atomic mass is 35.5. The van der Waals surface area contributed by atoms with E-state index in [4.69, 9.17) is 11.6 Å². The van der Waals surface area contributed by atoms with Gasteiger partial charge in [-0.05, 0) is 62.4 Å². The van der Waals surface area contributed by atoms with E-state index in [1.807, 2.05) is 33.9 Å². The predicted octanol–water partition coefficient (Wildman–Crippen LogP) is 3.92. The highest BCUT2D eigenvalue weighted by molar-refractivity contribution is 6.30. The molecule has 2 aliphatic rings. The summed E-state index contributed by atoms with van der Waals surface area (Å²) >= 11 is 6.43. The molecule has 2 aromatic rings. The van der Waals surface area contributed by atoms with E-state index in [9.17, 15) is 14.0 Å². The summed E-state index contributed by atoms with van der Waals surface area (Å²) in [4.78, 5) is 30.3. The number of carbonyl (C=O) groups is 2. The molecule has 1 aromatic heterocycles. The Bertz CT molecular complexity index is 1080. The summed E-state index contributed by atoms with van der Waals surface area (Å²) in [6.07, 6.45) is 1.77. The number of aryl methyl sites for hydroxylation is 2. The lowest BCUT2D eigenvalue weighted by Gasteiger charge is -2.41. The number of carbonyl (C=O) groups excluding carboxylic acids is 2. The van der Waals surface area contributed by atoms with Gasteiger partial charge in [0.1, 0.15) is 16.5 Å². The van der Waals surface area contributed by atoms with Gasteiger partial charge in [-0.1, -0.05) is 37.6 Å². The van der Waals surface area contributed by atoms with Crippen LogP contribution >= 0.6 is 11.6 Å². The maximum Gasteiger partial charge on any atom is 0.325 e. The van der Waals surface area contributed by atoms with E-state index in [0.29, 0.717) is 23.8 Å². The van der Waals surface area contributed by atoms with Gasteiger partial charge in [0.2, 0.25) is 0 Å². The van der Waals surface area contributed by atoms with Crippen LogP contribution in [0.3, 0.4) is 0 Å². The first-order chi connectivity index (χ1) is 16.1. The molecule has 184 valence electrons. The normalized spacial score (nSPS) is 22.1. The molecular formula is C25H33ClFN5O2. The van der Waals surface area contributed by atoms with Gasteiger partial charge in [0.15, 0.2) is 0 Å². The minimum absolute atomic E-state index is 0.0499. The molecule has 2 aliphatic heterocycles. The van der Waals surface area contributed by atoms with Crippen molar-refractivity contribution in [3.8, 4) is 0 Å². The number of likely N-dealkylation sites (tertiary alicyclic amines) is 1. The zero-order valence-electron chi connectivity index (χ0n) is 20.3. The zero-order valence-corrected chi connectivity index (χ0v) is 21.0. The van der Waals surface area contributed by atoms with Crippen LogP contribution in [0.4, 0.5) is 9.18 Å². The number of nitrogens with zero attached hydrogens (tertiary/aromatic N) is 4. The molecule has 3 heterocycles. The molecule has 0 bridgehead atoms. The topological polar surface area (TPSA) is 70.5 Å². The average Bonchev–Trinajstić information content (AvgIpc) is 3.16. The largest absolute Gasteiger partial charge is 0.325 e. The molecule has 4 rings (SSSR count). The van der Waals surface area contributed by atoms with E-state index in [1.54, 1.807) is 10.7 Å². The quantitative estimate of drug-likeness (QED) is 0.598. The van der Waals surface area contributed by atoms with Crippen molar-refractivity contribution in [3.63, 3.8) is 0 Å². The molecule has 0 radical (unpaired) electrons. The first-order valence-corrected chi connectivity index (χ1v) is 12.3. The van der Waals surface area contributed by atoms with Gasteiger partial charge >= 0.3 is 6.03 Å². The van der Waals surface area contributed by atoms with Crippen molar-refractivity contribution in [2.24, 2.45) is 18.9 Å². The third-order valence-electron chi connectivity index (χ3n) is 7.06. The summed E-state index contributed by atoms with van der Waals surface area (Å²) in [5, 5.41) is 8.10. The van der Waals surface area contributed by atoms with Crippen molar-refractivity contribution in [1.29, 1.82) is 0 Å². The van der Waals surface area contributed by atoms with Crippen LogP contribution in [-0.4, -0.2) is 56.7 Å². The molecule has 9 heteroatoms. The second kappa shape index (κ2) is 9.66. The van der Waals surface area contributed by atoms with Gasteiger partial charge in [0.25, 0.3) is 5.91 Å². The van der Waals surface area contributed by atoms with Crippen molar-refractivity contribution in [3.05, 3.63) is 52.1 Å². The predicted molar refractivity (Wildman–Crippen MR) is 129 cm³/mol. The van der Waals surface area contributed by atoms with Crippen LogP contribution in [0, 0.1) is 24.6 Å². The first kappa shape index (κ1) is 24.7. The molecular weight excluding hydrogens is 457 g/mol. The first-order valence-electron chi connectivity index (χ1n) is 11.9. The Kier molecular flexibility index (Phi) is 7.01. The van der Waals surface area contributed by atoms with E-state index in [1.165, 1.54) is 17.0 Å². The van der Waals surface area contributed by atoms with Crippen molar-refractivity contribution in [2.45, 2.75) is 52.1 Å². The lowest BCUT2D eigenvalue weighted by molar-refractivity contribution is -0.134. The van der Waals surface area contributed by atoms with Crippen LogP contribution in [0.15, 0.2) is 24.3 Å². The number of rotatable bonds is 7. The second-order valence-corrected chi connectivity index (χ2v) is 10.4. The average molecular weight is 490 g/mol. The van der Waals surface area contributed by atoms with E-state index >= 15 is 0 Å². The SMILES string of the molecule is Cc1nn(C)c(Cl)c1CN1CCC([C@]2(Cc3cccc(F)c3)NC(=O)N(CC(C)C)C2=O)CC1. The molecule has 1 aromatic carbocycles. The third kappa shape index (κ3) is 4.70. The van der Waals surface area contributed by atoms with Crippen LogP contribution in [0.5, 0.6) is 0 Å². The number of halogens is 2. The molecule has 3 amide bonds. The lowest BCUT2D eigenvalue weighted by atomic mass is 9.73. The van der Waals surface area contributed by atoms with Crippen molar-refractivity contribution >= 4 is 23.5 Å². The number of hydrogen-bond acceptors (Lipinski definition) is 4. The van der Waals surface area contributed by atoms with Crippen LogP contribution in [0.2, 0.25) is 5.15 Å². The van der Waals surface area contributed by atoms with Crippen molar-refractivity contribution in [2.75, 3.05) is 19.6 Å². The van der Waals surface area contributed by atoms with E-state index < -0.39 is 5.54 Å². The standard InChI is InChI=1S/C25H33ClFN5O2/c1-16(2)14-32-23(33)25(28-24(32)34,13-18-6-5-7-20(27)12-18)19-8-10-31(11-9-19)15-21-17(3)29-30(4)22(21)26/h5-7,12,16,19H,8-11,13-15H2,1-4H3,(H,28,34)/t25-/m0/s1. The molecule has 2 fully saturated rings. The molecule has 0 aliphatic carbocycles. The van der Waals surface area contributed by atoms with E-state index in [-0.39, 0.29) is 36.0 Å². The van der Waals surface area contributed by atoms with Gasteiger partial charge in [-0.2, -0.15) is 5.10 Å². The molecule has 1 atom stereocenters. The van der Waals surface area contributed by atoms with Gasteiger partial charge in [-0.25, -0.2) is 9.18 Å². The molecule has 1 N–H and O–H groups in total. The minimum atomic E-state index is -1.06. The number of hydrogen-bond donors (Lipinski definition) is 1. The van der Waals surface area contributed by atoms with Gasteiger partial charge in [0, 0.05) is 32.1 Å². The Morgan fingerprint density at radius 1 is 1.26 bits per heavy atom. The molecule has 34 heavy (non-hydrogen) atoms. The minimum Gasteiger partial charge on any atom is -0.322 e. The van der Waals surface area contributed by atoms with Crippen molar-refractivity contribution in [1.82, 2.24) is 24.9 Å². The fourth-order valence-electron chi connectivity index (χ4n) is 5.35. The number of amides is 3. The van der Waals surface area contributed by atoms with Crippen molar-refractivity contribution < 1.29 is 14.0 Å². The number of imide groups is 1. The fourth-order valence-corrected chi connectivity index (χ4v) is 5.58. The van der Waals surface area contributed by atoms with Crippen LogP contribution < -0.4 is 5.32 Å². The van der Waals surface area contributed by atoms with Crippen LogP contribution in [0.1, 0.15) is 43.5 Å². The maximum atomic E-state index is 13.9. The Morgan fingerprint density at radius 2 is 1.97 bits per heavy atom. The monoisotopic (exact) mass is 489 g/mol. The number of benzene rings is 1. The number of nitrogens with one attached hydrogen (secondary N) is 1. The number of piperidine rings is 1. The summed E-state index contributed by atoms with van der Waals surface area (Å²) in [5.41, 5.74) is 1.58. The summed E-state index contributed by atoms with van der Waals surface area (Å²) in [6, 6.07) is 5.95. The lowest BCUT2D eigenvalue weighted by Crippen LogP contribution is -2.57. The highest BCUT2D eigenvalue weighted by Gasteiger charge is 2.55. The molecule has 0 spiro atoms. The smallest absolute Gasteiger partial charge is 0.322 e. The Morgan fingerprint density at radius 3 is 2.56 bits per heavy atom. The second-order valence-electron chi connectivity index (χ2n) is 10.0.